The van der Waals surface area contributed by atoms with E-state index in [1.165, 1.54) is 15.6 Å². The van der Waals surface area contributed by atoms with E-state index in [0.29, 0.717) is 6.54 Å². The van der Waals surface area contributed by atoms with Crippen LogP contribution in [0, 0.1) is 0 Å². The van der Waals surface area contributed by atoms with Gasteiger partial charge in [-0.2, -0.15) is 4.52 Å². The lowest BCUT2D eigenvalue weighted by Crippen LogP contribution is -2.31. The Morgan fingerprint density at radius 2 is 1.53 bits per heavy atom. The second kappa shape index (κ2) is 7.13. The highest BCUT2D eigenvalue weighted by Gasteiger charge is 2.28. The predicted molar refractivity (Wildman–Crippen MR) is 121 cm³/mol. The zero-order chi connectivity index (χ0) is 21.7. The molecular formula is C24H19N5O2S. The minimum atomic E-state index is -3.86. The molecule has 8 heteroatoms. The van der Waals surface area contributed by atoms with Crippen molar-refractivity contribution < 1.29 is 8.42 Å². The van der Waals surface area contributed by atoms with Crippen molar-refractivity contribution in [1.82, 2.24) is 19.8 Å². The van der Waals surface area contributed by atoms with E-state index < -0.39 is 9.84 Å². The van der Waals surface area contributed by atoms with Crippen molar-refractivity contribution >= 4 is 32.2 Å². The average molecular weight is 442 g/mol. The van der Waals surface area contributed by atoms with Gasteiger partial charge in [0.15, 0.2) is 5.65 Å². The van der Waals surface area contributed by atoms with Crippen molar-refractivity contribution in [2.75, 3.05) is 11.4 Å². The lowest BCUT2D eigenvalue weighted by molar-refractivity contribution is 0.592. The van der Waals surface area contributed by atoms with Crippen molar-refractivity contribution in [2.45, 2.75) is 22.9 Å². The fraction of sp³-hybridized carbons (Fsp3) is 0.125. The smallest absolute Gasteiger partial charge is 0.229 e. The third-order valence-electron chi connectivity index (χ3n) is 5.94. The minimum Gasteiger partial charge on any atom is -0.351 e. The molecule has 6 rings (SSSR count). The molecule has 3 heterocycles. The summed E-state index contributed by atoms with van der Waals surface area (Å²) in [6.45, 7) is 1.51. The molecule has 1 aliphatic rings. The van der Waals surface area contributed by atoms with Crippen molar-refractivity contribution in [1.29, 1.82) is 0 Å². The standard InChI is InChI=1S/C24H19N5O2S/c30-32(31,19-10-2-1-3-11-19)24-23-25-22(20-12-6-7-13-21(20)29(23)27-26-24)28-15-14-17-8-4-5-9-18(17)16-28/h1-13H,14-16H2. The molecule has 0 bridgehead atoms. The molecule has 0 spiro atoms. The van der Waals surface area contributed by atoms with Gasteiger partial charge in [-0.05, 0) is 41.8 Å². The van der Waals surface area contributed by atoms with E-state index in [9.17, 15) is 8.42 Å². The van der Waals surface area contributed by atoms with Crippen LogP contribution in [0.25, 0.3) is 16.6 Å². The van der Waals surface area contributed by atoms with Crippen LogP contribution in [-0.2, 0) is 22.8 Å². The summed E-state index contributed by atoms with van der Waals surface area (Å²) in [6.07, 6.45) is 0.907. The van der Waals surface area contributed by atoms with Crippen LogP contribution in [-0.4, -0.2) is 34.8 Å². The molecule has 0 aliphatic carbocycles. The molecule has 0 radical (unpaired) electrons. The number of benzene rings is 3. The van der Waals surface area contributed by atoms with Gasteiger partial charge in [0.1, 0.15) is 5.82 Å². The number of hydrogen-bond donors (Lipinski definition) is 0. The van der Waals surface area contributed by atoms with E-state index >= 15 is 0 Å². The zero-order valence-electron chi connectivity index (χ0n) is 17.1. The van der Waals surface area contributed by atoms with Crippen molar-refractivity contribution in [3.05, 3.63) is 90.0 Å². The number of aromatic nitrogens is 4. The first-order valence-electron chi connectivity index (χ1n) is 10.4. The molecule has 0 N–H and O–H groups in total. The highest BCUT2D eigenvalue weighted by atomic mass is 32.2. The second-order valence-electron chi connectivity index (χ2n) is 7.84. The van der Waals surface area contributed by atoms with Crippen LogP contribution >= 0.6 is 0 Å². The van der Waals surface area contributed by atoms with Gasteiger partial charge in [0, 0.05) is 18.5 Å². The van der Waals surface area contributed by atoms with Gasteiger partial charge in [-0.25, -0.2) is 13.4 Å². The fourth-order valence-corrected chi connectivity index (χ4v) is 5.59. The SMILES string of the molecule is O=S(=O)(c1ccccc1)c1nnn2c1nc(N1CCc3ccccc3C1)c1ccccc12. The highest BCUT2D eigenvalue weighted by Crippen LogP contribution is 2.32. The Kier molecular flexibility index (Phi) is 4.22. The lowest BCUT2D eigenvalue weighted by atomic mass is 10.00. The maximum atomic E-state index is 13.3. The Balaban J connectivity index is 1.57. The first kappa shape index (κ1) is 18.9. The first-order chi connectivity index (χ1) is 15.6. The number of rotatable bonds is 3. The van der Waals surface area contributed by atoms with Crippen LogP contribution in [0.2, 0.25) is 0 Å². The number of nitrogens with zero attached hydrogens (tertiary/aromatic N) is 5. The molecular weight excluding hydrogens is 422 g/mol. The van der Waals surface area contributed by atoms with Gasteiger partial charge in [-0.3, -0.25) is 0 Å². The molecule has 2 aromatic heterocycles. The monoisotopic (exact) mass is 441 g/mol. The highest BCUT2D eigenvalue weighted by molar-refractivity contribution is 7.91. The number of fused-ring (bicyclic) bond motifs is 4. The summed E-state index contributed by atoms with van der Waals surface area (Å²) in [5.41, 5.74) is 3.61. The Morgan fingerprint density at radius 3 is 2.38 bits per heavy atom. The van der Waals surface area contributed by atoms with Crippen LogP contribution in [0.5, 0.6) is 0 Å². The molecule has 32 heavy (non-hydrogen) atoms. The van der Waals surface area contributed by atoms with E-state index in [1.807, 2.05) is 30.3 Å². The van der Waals surface area contributed by atoms with Gasteiger partial charge in [0.05, 0.1) is 10.4 Å². The van der Waals surface area contributed by atoms with E-state index in [-0.39, 0.29) is 15.6 Å². The molecule has 158 valence electrons. The third-order valence-corrected chi connectivity index (χ3v) is 7.61. The summed E-state index contributed by atoms with van der Waals surface area (Å²) >= 11 is 0. The molecule has 0 saturated heterocycles. The van der Waals surface area contributed by atoms with E-state index in [4.69, 9.17) is 4.98 Å². The molecule has 3 aromatic carbocycles. The fourth-order valence-electron chi connectivity index (χ4n) is 4.33. The maximum Gasteiger partial charge on any atom is 0.229 e. The minimum absolute atomic E-state index is 0.131. The maximum absolute atomic E-state index is 13.3. The number of para-hydroxylation sites is 1. The van der Waals surface area contributed by atoms with E-state index in [1.54, 1.807) is 30.3 Å². The number of sulfone groups is 1. The molecule has 0 fully saturated rings. The van der Waals surface area contributed by atoms with Crippen molar-refractivity contribution in [2.24, 2.45) is 0 Å². The predicted octanol–water partition coefficient (Wildman–Crippen LogP) is 3.67. The van der Waals surface area contributed by atoms with Gasteiger partial charge < -0.3 is 4.90 Å². The van der Waals surface area contributed by atoms with Crippen LogP contribution in [0.3, 0.4) is 0 Å². The molecule has 1 aliphatic heterocycles. The van der Waals surface area contributed by atoms with Crippen LogP contribution in [0.15, 0.2) is 88.8 Å². The Morgan fingerprint density at radius 1 is 0.812 bits per heavy atom. The third kappa shape index (κ3) is 2.87. The van der Waals surface area contributed by atoms with Gasteiger partial charge >= 0.3 is 0 Å². The number of hydrogen-bond acceptors (Lipinski definition) is 6. The average Bonchev–Trinajstić information content (AvgIpc) is 3.29. The van der Waals surface area contributed by atoms with Gasteiger partial charge in [0.2, 0.25) is 14.9 Å². The summed E-state index contributed by atoms with van der Waals surface area (Å²) in [6, 6.07) is 24.4. The first-order valence-corrected chi connectivity index (χ1v) is 11.9. The molecule has 0 unspecified atom stereocenters. The van der Waals surface area contributed by atoms with Crippen molar-refractivity contribution in [3.63, 3.8) is 0 Å². The second-order valence-corrected chi connectivity index (χ2v) is 9.70. The summed E-state index contributed by atoms with van der Waals surface area (Å²) < 4.78 is 28.2. The van der Waals surface area contributed by atoms with Crippen LogP contribution < -0.4 is 4.90 Å². The van der Waals surface area contributed by atoms with Crippen LogP contribution in [0.1, 0.15) is 11.1 Å². The molecule has 0 saturated carbocycles. The zero-order valence-corrected chi connectivity index (χ0v) is 17.9. The van der Waals surface area contributed by atoms with Crippen molar-refractivity contribution in [3.8, 4) is 0 Å². The van der Waals surface area contributed by atoms with Gasteiger partial charge in [-0.1, -0.05) is 59.8 Å². The Bertz CT molecular complexity index is 1580. The van der Waals surface area contributed by atoms with Crippen LogP contribution in [0.4, 0.5) is 5.82 Å². The summed E-state index contributed by atoms with van der Waals surface area (Å²) in [5.74, 6) is 0.745. The Hall–Kier alpha value is -3.78. The molecule has 0 amide bonds. The normalized spacial score (nSPS) is 14.1. The summed E-state index contributed by atoms with van der Waals surface area (Å²) in [4.78, 5) is 7.21. The molecule has 7 nitrogen and oxygen atoms in total. The van der Waals surface area contributed by atoms with Gasteiger partial charge in [0.25, 0.3) is 0 Å². The summed E-state index contributed by atoms with van der Waals surface area (Å²) in [7, 11) is -3.86. The molecule has 0 atom stereocenters. The quantitative estimate of drug-likeness (QED) is 0.425. The largest absolute Gasteiger partial charge is 0.351 e. The lowest BCUT2D eigenvalue weighted by Gasteiger charge is -2.30. The molecule has 5 aromatic rings. The van der Waals surface area contributed by atoms with E-state index in [0.717, 1.165) is 29.7 Å². The Labute approximate surface area is 184 Å². The topological polar surface area (TPSA) is 80.5 Å². The summed E-state index contributed by atoms with van der Waals surface area (Å²) in [5, 5.41) is 9.01. The van der Waals surface area contributed by atoms with E-state index in [2.05, 4.69) is 33.4 Å². The number of anilines is 1. The van der Waals surface area contributed by atoms with Gasteiger partial charge in [-0.15, -0.1) is 5.10 Å².